The van der Waals surface area contributed by atoms with E-state index in [1.807, 2.05) is 13.8 Å². The molecule has 0 atom stereocenters. The molecule has 0 unspecified atom stereocenters. The number of para-hydroxylation sites is 1. The summed E-state index contributed by atoms with van der Waals surface area (Å²) in [6.45, 7) is 5.57. The average molecular weight is 315 g/mol. The Hall–Kier alpha value is -1.82. The lowest BCUT2D eigenvalue weighted by Crippen LogP contribution is -2.46. The number of rotatable bonds is 6. The molecule has 116 valence electrons. The Kier molecular flexibility index (Phi) is 5.54. The Morgan fingerprint density at radius 2 is 2.10 bits per heavy atom. The molecule has 0 aliphatic heterocycles. The van der Waals surface area contributed by atoms with E-state index >= 15 is 0 Å². The van der Waals surface area contributed by atoms with Gasteiger partial charge in [-0.15, -0.1) is 11.6 Å². The van der Waals surface area contributed by atoms with E-state index in [1.54, 1.807) is 14.0 Å². The van der Waals surface area contributed by atoms with Crippen LogP contribution in [0.5, 0.6) is 5.75 Å². The maximum Gasteiger partial charge on any atom is 0.311 e. The van der Waals surface area contributed by atoms with Crippen molar-refractivity contribution < 1.29 is 14.5 Å². The van der Waals surface area contributed by atoms with Gasteiger partial charge in [0.15, 0.2) is 0 Å². The summed E-state index contributed by atoms with van der Waals surface area (Å²) in [5.74, 6) is -0.131. The van der Waals surface area contributed by atoms with Gasteiger partial charge in [0.25, 0.3) is 5.91 Å². The predicted octanol–water partition coefficient (Wildman–Crippen LogP) is 3.08. The van der Waals surface area contributed by atoms with Crippen molar-refractivity contribution in [3.8, 4) is 5.75 Å². The highest BCUT2D eigenvalue weighted by atomic mass is 35.5. The van der Waals surface area contributed by atoms with Gasteiger partial charge in [0.1, 0.15) is 0 Å². The molecule has 0 aliphatic carbocycles. The monoisotopic (exact) mass is 314 g/mol. The Morgan fingerprint density at radius 3 is 2.57 bits per heavy atom. The van der Waals surface area contributed by atoms with Gasteiger partial charge in [-0.1, -0.05) is 6.07 Å². The molecule has 1 rings (SSSR count). The van der Waals surface area contributed by atoms with Crippen LogP contribution in [0.4, 0.5) is 5.69 Å². The van der Waals surface area contributed by atoms with Crippen molar-refractivity contribution in [1.29, 1.82) is 0 Å². The quantitative estimate of drug-likeness (QED) is 0.459. The first-order valence-corrected chi connectivity index (χ1v) is 7.04. The van der Waals surface area contributed by atoms with Crippen LogP contribution in [0.1, 0.15) is 31.1 Å². The standard InChI is InChI=1S/C14H19ClN2O4/c1-5-21-12-10(7-6-8-11(12)17(19)20)13(18)16(4)14(2,3)9-15/h6-8H,5,9H2,1-4H3. The molecule has 0 bridgehead atoms. The maximum atomic E-state index is 12.6. The smallest absolute Gasteiger partial charge is 0.311 e. The summed E-state index contributed by atoms with van der Waals surface area (Å²) < 4.78 is 5.32. The number of hydrogen-bond acceptors (Lipinski definition) is 4. The van der Waals surface area contributed by atoms with Crippen LogP contribution in [0, 0.1) is 10.1 Å². The number of nitro groups is 1. The highest BCUT2D eigenvalue weighted by Gasteiger charge is 2.31. The van der Waals surface area contributed by atoms with Crippen LogP contribution in [-0.2, 0) is 0 Å². The lowest BCUT2D eigenvalue weighted by atomic mass is 10.0. The Labute approximate surface area is 128 Å². The van der Waals surface area contributed by atoms with E-state index in [4.69, 9.17) is 16.3 Å². The first-order valence-electron chi connectivity index (χ1n) is 6.50. The molecule has 0 radical (unpaired) electrons. The lowest BCUT2D eigenvalue weighted by Gasteiger charge is -2.34. The molecule has 1 aromatic carbocycles. The third-order valence-electron chi connectivity index (χ3n) is 3.25. The number of ether oxygens (including phenoxy) is 1. The number of amides is 1. The first kappa shape index (κ1) is 17.2. The van der Waals surface area contributed by atoms with Crippen molar-refractivity contribution in [3.05, 3.63) is 33.9 Å². The van der Waals surface area contributed by atoms with Gasteiger partial charge < -0.3 is 9.64 Å². The van der Waals surface area contributed by atoms with E-state index < -0.39 is 10.5 Å². The van der Waals surface area contributed by atoms with Gasteiger partial charge in [0, 0.05) is 19.0 Å². The second-order valence-electron chi connectivity index (χ2n) is 5.15. The van der Waals surface area contributed by atoms with Crippen LogP contribution >= 0.6 is 11.6 Å². The summed E-state index contributed by atoms with van der Waals surface area (Å²) in [4.78, 5) is 24.6. The van der Waals surface area contributed by atoms with Crippen molar-refractivity contribution in [3.63, 3.8) is 0 Å². The number of halogens is 1. The number of benzene rings is 1. The SMILES string of the molecule is CCOc1c(C(=O)N(C)C(C)(C)CCl)cccc1[N+](=O)[O-]. The molecule has 0 heterocycles. The number of alkyl halides is 1. The fraction of sp³-hybridized carbons (Fsp3) is 0.500. The molecule has 0 saturated heterocycles. The summed E-state index contributed by atoms with van der Waals surface area (Å²) in [6.07, 6.45) is 0. The zero-order valence-electron chi connectivity index (χ0n) is 12.6. The lowest BCUT2D eigenvalue weighted by molar-refractivity contribution is -0.385. The molecule has 0 N–H and O–H groups in total. The minimum absolute atomic E-state index is 0.00720. The predicted molar refractivity (Wildman–Crippen MR) is 81.2 cm³/mol. The van der Waals surface area contributed by atoms with E-state index in [2.05, 4.69) is 0 Å². The fourth-order valence-electron chi connectivity index (χ4n) is 1.68. The molecule has 1 aromatic rings. The van der Waals surface area contributed by atoms with E-state index in [0.717, 1.165) is 0 Å². The molecule has 6 nitrogen and oxygen atoms in total. The third kappa shape index (κ3) is 3.64. The molecule has 0 aromatic heterocycles. The van der Waals surface area contributed by atoms with E-state index in [-0.39, 0.29) is 35.4 Å². The Balaban J connectivity index is 3.32. The van der Waals surface area contributed by atoms with Crippen molar-refractivity contribution in [2.24, 2.45) is 0 Å². The van der Waals surface area contributed by atoms with Gasteiger partial charge in [-0.3, -0.25) is 14.9 Å². The highest BCUT2D eigenvalue weighted by molar-refractivity contribution is 6.18. The van der Waals surface area contributed by atoms with E-state index in [0.29, 0.717) is 0 Å². The topological polar surface area (TPSA) is 72.7 Å². The summed E-state index contributed by atoms with van der Waals surface area (Å²) in [5.41, 5.74) is -0.640. The van der Waals surface area contributed by atoms with Gasteiger partial charge in [0.05, 0.1) is 22.6 Å². The third-order valence-corrected chi connectivity index (χ3v) is 3.90. The van der Waals surface area contributed by atoms with Crippen LogP contribution in [0.2, 0.25) is 0 Å². The van der Waals surface area contributed by atoms with Gasteiger partial charge in [-0.25, -0.2) is 0 Å². The number of carbonyl (C=O) groups is 1. The van der Waals surface area contributed by atoms with Gasteiger partial charge in [-0.2, -0.15) is 0 Å². The van der Waals surface area contributed by atoms with Gasteiger partial charge in [-0.05, 0) is 26.8 Å². The van der Waals surface area contributed by atoms with Crippen LogP contribution in [0.15, 0.2) is 18.2 Å². The zero-order valence-corrected chi connectivity index (χ0v) is 13.3. The Morgan fingerprint density at radius 1 is 1.48 bits per heavy atom. The van der Waals surface area contributed by atoms with Gasteiger partial charge in [0.2, 0.25) is 5.75 Å². The van der Waals surface area contributed by atoms with Crippen molar-refractivity contribution in [2.75, 3.05) is 19.5 Å². The molecule has 0 spiro atoms. The second-order valence-corrected chi connectivity index (χ2v) is 5.42. The second kappa shape index (κ2) is 6.76. The highest BCUT2D eigenvalue weighted by Crippen LogP contribution is 2.32. The minimum Gasteiger partial charge on any atom is -0.487 e. The number of hydrogen-bond donors (Lipinski definition) is 0. The van der Waals surface area contributed by atoms with E-state index in [9.17, 15) is 14.9 Å². The van der Waals surface area contributed by atoms with Crippen molar-refractivity contribution in [2.45, 2.75) is 26.3 Å². The summed E-state index contributed by atoms with van der Waals surface area (Å²) in [5, 5.41) is 11.1. The molecule has 0 aliphatic rings. The maximum absolute atomic E-state index is 12.6. The number of nitro benzene ring substituents is 1. The molecule has 21 heavy (non-hydrogen) atoms. The molecule has 7 heteroatoms. The summed E-state index contributed by atoms with van der Waals surface area (Å²) in [7, 11) is 1.61. The largest absolute Gasteiger partial charge is 0.487 e. The molecular formula is C14H19ClN2O4. The fourth-order valence-corrected chi connectivity index (χ4v) is 1.86. The molecule has 0 saturated carbocycles. The van der Waals surface area contributed by atoms with Crippen LogP contribution in [0.3, 0.4) is 0 Å². The molecular weight excluding hydrogens is 296 g/mol. The van der Waals surface area contributed by atoms with E-state index in [1.165, 1.54) is 23.1 Å². The van der Waals surface area contributed by atoms with Crippen LogP contribution in [0.25, 0.3) is 0 Å². The normalized spacial score (nSPS) is 11.1. The Bertz CT molecular complexity index is 546. The number of carbonyl (C=O) groups excluding carboxylic acids is 1. The van der Waals surface area contributed by atoms with Gasteiger partial charge >= 0.3 is 5.69 Å². The summed E-state index contributed by atoms with van der Waals surface area (Å²) >= 11 is 5.87. The molecule has 0 fully saturated rings. The number of nitrogens with zero attached hydrogens (tertiary/aromatic N) is 2. The molecule has 1 amide bonds. The first-order chi connectivity index (χ1) is 9.76. The van der Waals surface area contributed by atoms with Crippen molar-refractivity contribution in [1.82, 2.24) is 4.90 Å². The average Bonchev–Trinajstić information content (AvgIpc) is 2.46. The van der Waals surface area contributed by atoms with Crippen LogP contribution in [-0.4, -0.2) is 40.8 Å². The van der Waals surface area contributed by atoms with Crippen LogP contribution < -0.4 is 4.74 Å². The minimum atomic E-state index is -0.577. The zero-order chi connectivity index (χ0) is 16.2. The van der Waals surface area contributed by atoms with Crippen molar-refractivity contribution >= 4 is 23.2 Å². The summed E-state index contributed by atoms with van der Waals surface area (Å²) in [6, 6.07) is 4.30.